The molecule has 1 fully saturated rings. The lowest BCUT2D eigenvalue weighted by Crippen LogP contribution is -2.53. The average molecular weight is 214 g/mol. The van der Waals surface area contributed by atoms with Gasteiger partial charge in [0.25, 0.3) is 0 Å². The summed E-state index contributed by atoms with van der Waals surface area (Å²) in [5.74, 6) is -0.889. The molecule has 2 N–H and O–H groups in total. The van der Waals surface area contributed by atoms with E-state index < -0.39 is 5.97 Å². The number of carbonyl (C=O) groups excluding carboxylic acids is 1. The summed E-state index contributed by atoms with van der Waals surface area (Å²) in [6.45, 7) is 3.56. The second kappa shape index (κ2) is 5.11. The molecule has 86 valence electrons. The van der Waals surface area contributed by atoms with Crippen molar-refractivity contribution >= 4 is 11.9 Å². The van der Waals surface area contributed by atoms with E-state index in [1.165, 1.54) is 0 Å². The Kier molecular flexibility index (Phi) is 4.08. The molecule has 0 aromatic carbocycles. The van der Waals surface area contributed by atoms with E-state index in [1.54, 1.807) is 18.9 Å². The molecule has 1 atom stereocenters. The summed E-state index contributed by atoms with van der Waals surface area (Å²) in [6, 6.07) is 0. The van der Waals surface area contributed by atoms with Crippen LogP contribution in [0.5, 0.6) is 0 Å². The molecule has 0 bridgehead atoms. The fourth-order valence-electron chi connectivity index (χ4n) is 1.62. The van der Waals surface area contributed by atoms with Crippen LogP contribution in [0.4, 0.5) is 0 Å². The second-order valence-corrected chi connectivity index (χ2v) is 4.04. The first kappa shape index (κ1) is 12.0. The summed E-state index contributed by atoms with van der Waals surface area (Å²) in [7, 11) is 1.80. The lowest BCUT2D eigenvalue weighted by Gasteiger charge is -2.41. The summed E-state index contributed by atoms with van der Waals surface area (Å²) in [4.78, 5) is 23.9. The van der Waals surface area contributed by atoms with Crippen LogP contribution in [0.1, 0.15) is 13.3 Å². The minimum absolute atomic E-state index is 0.109. The number of aliphatic carboxylic acids is 1. The normalized spacial score (nSPS) is 18.4. The van der Waals surface area contributed by atoms with Crippen LogP contribution in [-0.4, -0.2) is 48.6 Å². The third-order valence-electron chi connectivity index (χ3n) is 2.95. The molecule has 0 saturated carbocycles. The van der Waals surface area contributed by atoms with Gasteiger partial charge >= 0.3 is 5.97 Å². The van der Waals surface area contributed by atoms with E-state index in [1.807, 2.05) is 0 Å². The fraction of sp³-hybridized carbons (Fsp3) is 0.800. The van der Waals surface area contributed by atoms with Crippen LogP contribution in [0.3, 0.4) is 0 Å². The van der Waals surface area contributed by atoms with Crippen molar-refractivity contribution < 1.29 is 14.7 Å². The first-order valence-electron chi connectivity index (χ1n) is 5.21. The highest BCUT2D eigenvalue weighted by atomic mass is 16.4. The number of nitrogens with zero attached hydrogens (tertiary/aromatic N) is 1. The molecule has 0 aliphatic carbocycles. The Morgan fingerprint density at radius 3 is 2.60 bits per heavy atom. The van der Waals surface area contributed by atoms with Gasteiger partial charge in [-0.05, 0) is 7.05 Å². The predicted octanol–water partition coefficient (Wildman–Crippen LogP) is -0.225. The Morgan fingerprint density at radius 1 is 1.53 bits per heavy atom. The first-order valence-corrected chi connectivity index (χ1v) is 5.21. The monoisotopic (exact) mass is 214 g/mol. The van der Waals surface area contributed by atoms with Gasteiger partial charge in [0.05, 0.1) is 5.92 Å². The van der Waals surface area contributed by atoms with Gasteiger partial charge in [0.1, 0.15) is 0 Å². The Morgan fingerprint density at radius 2 is 2.13 bits per heavy atom. The van der Waals surface area contributed by atoms with Crippen LogP contribution in [0.25, 0.3) is 0 Å². The zero-order valence-electron chi connectivity index (χ0n) is 9.19. The van der Waals surface area contributed by atoms with Gasteiger partial charge < -0.3 is 15.3 Å². The maximum Gasteiger partial charge on any atom is 0.306 e. The van der Waals surface area contributed by atoms with Gasteiger partial charge in [-0.1, -0.05) is 6.92 Å². The van der Waals surface area contributed by atoms with Crippen LogP contribution in [0.2, 0.25) is 0 Å². The lowest BCUT2D eigenvalue weighted by molar-refractivity contribution is -0.150. The van der Waals surface area contributed by atoms with Crippen LogP contribution < -0.4 is 5.32 Å². The molecule has 5 nitrogen and oxygen atoms in total. The smallest absolute Gasteiger partial charge is 0.306 e. The van der Waals surface area contributed by atoms with Gasteiger partial charge in [0.15, 0.2) is 0 Å². The summed E-state index contributed by atoms with van der Waals surface area (Å²) >= 11 is 0. The highest BCUT2D eigenvalue weighted by Gasteiger charge is 2.36. The van der Waals surface area contributed by atoms with E-state index in [-0.39, 0.29) is 17.7 Å². The maximum absolute atomic E-state index is 11.5. The lowest BCUT2D eigenvalue weighted by atomic mass is 9.87. The summed E-state index contributed by atoms with van der Waals surface area (Å²) < 4.78 is 0. The van der Waals surface area contributed by atoms with Crippen molar-refractivity contribution in [3.8, 4) is 0 Å². The molecule has 0 radical (unpaired) electrons. The van der Waals surface area contributed by atoms with Crippen molar-refractivity contribution in [2.45, 2.75) is 13.3 Å². The van der Waals surface area contributed by atoms with E-state index in [2.05, 4.69) is 5.32 Å². The van der Waals surface area contributed by atoms with Gasteiger partial charge in [0.2, 0.25) is 5.91 Å². The Labute approximate surface area is 89.4 Å². The van der Waals surface area contributed by atoms with Gasteiger partial charge in [-0.25, -0.2) is 0 Å². The summed E-state index contributed by atoms with van der Waals surface area (Å²) in [5.41, 5.74) is 0. The van der Waals surface area contributed by atoms with Crippen molar-refractivity contribution in [3.63, 3.8) is 0 Å². The number of carbonyl (C=O) groups is 2. The summed E-state index contributed by atoms with van der Waals surface area (Å²) in [5, 5.41) is 11.7. The molecule has 1 rings (SSSR count). The third kappa shape index (κ3) is 2.92. The van der Waals surface area contributed by atoms with Crippen molar-refractivity contribution in [2.75, 3.05) is 26.7 Å². The van der Waals surface area contributed by atoms with Gasteiger partial charge in [-0.15, -0.1) is 0 Å². The van der Waals surface area contributed by atoms with Crippen molar-refractivity contribution in [1.82, 2.24) is 10.2 Å². The van der Waals surface area contributed by atoms with Crippen molar-refractivity contribution in [2.24, 2.45) is 11.8 Å². The molecule has 1 heterocycles. The molecule has 15 heavy (non-hydrogen) atoms. The van der Waals surface area contributed by atoms with Crippen molar-refractivity contribution in [3.05, 3.63) is 0 Å². The minimum atomic E-state index is -0.776. The molecule has 0 spiro atoms. The number of rotatable bonds is 5. The summed E-state index contributed by atoms with van der Waals surface area (Å²) in [6.07, 6.45) is 0.491. The molecule has 5 heteroatoms. The molecule has 1 aliphatic heterocycles. The zero-order valence-corrected chi connectivity index (χ0v) is 9.19. The third-order valence-corrected chi connectivity index (χ3v) is 2.95. The quantitative estimate of drug-likeness (QED) is 0.663. The zero-order chi connectivity index (χ0) is 11.4. The fourth-order valence-corrected chi connectivity index (χ4v) is 1.62. The first-order chi connectivity index (χ1) is 7.06. The van der Waals surface area contributed by atoms with Gasteiger partial charge in [-0.2, -0.15) is 0 Å². The number of carboxylic acids is 1. The topological polar surface area (TPSA) is 69.6 Å². The Balaban J connectivity index is 2.25. The number of hydrogen-bond acceptors (Lipinski definition) is 3. The highest BCUT2D eigenvalue weighted by molar-refractivity contribution is 5.78. The average Bonchev–Trinajstić information content (AvgIpc) is 2.11. The molecular weight excluding hydrogens is 196 g/mol. The van der Waals surface area contributed by atoms with E-state index in [4.69, 9.17) is 5.11 Å². The maximum atomic E-state index is 11.5. The van der Waals surface area contributed by atoms with E-state index in [9.17, 15) is 9.59 Å². The van der Waals surface area contributed by atoms with E-state index >= 15 is 0 Å². The number of amides is 1. The van der Waals surface area contributed by atoms with Gasteiger partial charge in [0, 0.05) is 32.0 Å². The van der Waals surface area contributed by atoms with E-state index in [0.29, 0.717) is 26.1 Å². The number of carboxylic acid groups (broad SMARTS) is 1. The largest absolute Gasteiger partial charge is 0.481 e. The van der Waals surface area contributed by atoms with Crippen molar-refractivity contribution in [1.29, 1.82) is 0 Å². The molecule has 1 saturated heterocycles. The molecule has 1 amide bonds. The number of likely N-dealkylation sites (tertiary alicyclic amines) is 1. The van der Waals surface area contributed by atoms with E-state index in [0.717, 1.165) is 0 Å². The molecular formula is C10H18N2O3. The van der Waals surface area contributed by atoms with Gasteiger partial charge in [-0.3, -0.25) is 9.59 Å². The Bertz CT molecular complexity index is 249. The molecule has 0 aromatic heterocycles. The van der Waals surface area contributed by atoms with Crippen LogP contribution in [0.15, 0.2) is 0 Å². The number of nitrogens with one attached hydrogen (secondary N) is 1. The molecule has 1 aliphatic rings. The SMILES string of the molecule is CNCCC(=O)N1CC(C(C)C(=O)O)C1. The molecule has 0 aromatic rings. The van der Waals surface area contributed by atoms with Crippen LogP contribution >= 0.6 is 0 Å². The van der Waals surface area contributed by atoms with Crippen LogP contribution in [0, 0.1) is 11.8 Å². The highest BCUT2D eigenvalue weighted by Crippen LogP contribution is 2.24. The number of hydrogen-bond donors (Lipinski definition) is 2. The van der Waals surface area contributed by atoms with Crippen LogP contribution in [-0.2, 0) is 9.59 Å². The molecule has 1 unspecified atom stereocenters. The minimum Gasteiger partial charge on any atom is -0.481 e. The predicted molar refractivity (Wildman–Crippen MR) is 55.4 cm³/mol. The standard InChI is InChI=1S/C10H18N2O3/c1-7(10(14)15)8-5-12(6-8)9(13)3-4-11-2/h7-8,11H,3-6H2,1-2H3,(H,14,15). The second-order valence-electron chi connectivity index (χ2n) is 4.04. The Hall–Kier alpha value is -1.10.